The molecule has 0 fully saturated rings. The Kier molecular flexibility index (Phi) is 3.76. The Hall–Kier alpha value is -1.69. The molecule has 0 amide bonds. The Bertz CT molecular complexity index is 531. The van der Waals surface area contributed by atoms with E-state index in [1.54, 1.807) is 6.33 Å². The Morgan fingerprint density at radius 3 is 2.78 bits per heavy atom. The summed E-state index contributed by atoms with van der Waals surface area (Å²) in [6.45, 7) is 6.69. The second kappa shape index (κ2) is 5.30. The number of rotatable bonds is 5. The van der Waals surface area contributed by atoms with Crippen molar-refractivity contribution in [2.24, 2.45) is 0 Å². The molecule has 0 spiro atoms. The Morgan fingerprint density at radius 2 is 2.11 bits per heavy atom. The van der Waals surface area contributed by atoms with Crippen LogP contribution in [0.3, 0.4) is 0 Å². The molecule has 2 heterocycles. The van der Waals surface area contributed by atoms with Crippen LogP contribution < -0.4 is 5.32 Å². The molecule has 0 aliphatic carbocycles. The molecule has 0 unspecified atom stereocenters. The fraction of sp³-hybridized carbons (Fsp3) is 0.583. The number of aryl methyl sites for hydroxylation is 2. The highest BCUT2D eigenvalue weighted by Gasteiger charge is 2.12. The van der Waals surface area contributed by atoms with Crippen molar-refractivity contribution in [3.63, 3.8) is 0 Å². The average molecular weight is 248 g/mol. The van der Waals surface area contributed by atoms with Crippen LogP contribution in [0.2, 0.25) is 0 Å². The fourth-order valence-electron chi connectivity index (χ4n) is 1.92. The molecule has 2 rings (SSSR count). The fourth-order valence-corrected chi connectivity index (χ4v) is 1.92. The number of nitrogens with one attached hydrogen (secondary N) is 1. The van der Waals surface area contributed by atoms with Gasteiger partial charge in [-0.05, 0) is 27.9 Å². The van der Waals surface area contributed by atoms with Crippen LogP contribution in [0.1, 0.15) is 12.6 Å². The van der Waals surface area contributed by atoms with Crippen molar-refractivity contribution in [1.29, 1.82) is 0 Å². The number of aromatic nitrogens is 4. The Labute approximate surface area is 107 Å². The van der Waals surface area contributed by atoms with Gasteiger partial charge in [0.2, 0.25) is 0 Å². The smallest absolute Gasteiger partial charge is 0.155 e. The van der Waals surface area contributed by atoms with E-state index in [9.17, 15) is 0 Å². The van der Waals surface area contributed by atoms with Crippen LogP contribution in [-0.2, 0) is 6.54 Å². The SMILES string of the molecule is CCn1nc(C)c2ncnc(NCCN(C)C)c21. The lowest BCUT2D eigenvalue weighted by Gasteiger charge is -2.11. The molecule has 18 heavy (non-hydrogen) atoms. The van der Waals surface area contributed by atoms with E-state index in [1.807, 2.05) is 11.6 Å². The minimum Gasteiger partial charge on any atom is -0.367 e. The Morgan fingerprint density at radius 1 is 1.33 bits per heavy atom. The summed E-state index contributed by atoms with van der Waals surface area (Å²) in [5, 5.41) is 7.83. The summed E-state index contributed by atoms with van der Waals surface area (Å²) < 4.78 is 1.95. The maximum atomic E-state index is 4.48. The normalized spacial score (nSPS) is 11.4. The molecule has 98 valence electrons. The van der Waals surface area contributed by atoms with Crippen LogP contribution in [0.15, 0.2) is 6.33 Å². The molecule has 1 N–H and O–H groups in total. The van der Waals surface area contributed by atoms with Crippen LogP contribution in [0.25, 0.3) is 11.0 Å². The van der Waals surface area contributed by atoms with E-state index >= 15 is 0 Å². The summed E-state index contributed by atoms with van der Waals surface area (Å²) in [5.41, 5.74) is 2.88. The van der Waals surface area contributed by atoms with Gasteiger partial charge in [-0.25, -0.2) is 9.97 Å². The van der Waals surface area contributed by atoms with Crippen molar-refractivity contribution in [3.8, 4) is 0 Å². The predicted molar refractivity (Wildman–Crippen MR) is 72.8 cm³/mol. The first-order valence-corrected chi connectivity index (χ1v) is 6.20. The summed E-state index contributed by atoms with van der Waals surface area (Å²) >= 11 is 0. The third kappa shape index (κ3) is 2.43. The minimum atomic E-state index is 0.820. The quantitative estimate of drug-likeness (QED) is 0.859. The van der Waals surface area contributed by atoms with Gasteiger partial charge in [0.15, 0.2) is 5.82 Å². The molecule has 0 aromatic carbocycles. The maximum absolute atomic E-state index is 4.48. The molecule has 0 atom stereocenters. The van der Waals surface area contributed by atoms with Crippen LogP contribution in [0.4, 0.5) is 5.82 Å². The molecule has 0 saturated carbocycles. The maximum Gasteiger partial charge on any atom is 0.155 e. The lowest BCUT2D eigenvalue weighted by atomic mass is 10.3. The highest BCUT2D eigenvalue weighted by Crippen LogP contribution is 2.21. The monoisotopic (exact) mass is 248 g/mol. The molecule has 6 heteroatoms. The molecule has 6 nitrogen and oxygen atoms in total. The molecular weight excluding hydrogens is 228 g/mol. The van der Waals surface area contributed by atoms with Crippen LogP contribution in [-0.4, -0.2) is 51.8 Å². The van der Waals surface area contributed by atoms with Crippen molar-refractivity contribution in [1.82, 2.24) is 24.6 Å². The molecule has 0 bridgehead atoms. The van der Waals surface area contributed by atoms with Gasteiger partial charge in [0.05, 0.1) is 5.69 Å². The van der Waals surface area contributed by atoms with Gasteiger partial charge in [-0.15, -0.1) is 0 Å². The van der Waals surface area contributed by atoms with Gasteiger partial charge < -0.3 is 10.2 Å². The van der Waals surface area contributed by atoms with Crippen molar-refractivity contribution in [2.75, 3.05) is 32.5 Å². The number of anilines is 1. The van der Waals surface area contributed by atoms with Gasteiger partial charge in [0.25, 0.3) is 0 Å². The van der Waals surface area contributed by atoms with Gasteiger partial charge in [0.1, 0.15) is 17.4 Å². The van der Waals surface area contributed by atoms with Gasteiger partial charge in [-0.1, -0.05) is 0 Å². The standard InChI is InChI=1S/C12H20N6/c1-5-18-11-10(9(2)16-18)14-8-15-12(11)13-6-7-17(3)4/h8H,5-7H2,1-4H3,(H,13,14,15). The molecule has 2 aromatic heterocycles. The largest absolute Gasteiger partial charge is 0.367 e. The van der Waals surface area contributed by atoms with Crippen LogP contribution >= 0.6 is 0 Å². The summed E-state index contributed by atoms with van der Waals surface area (Å²) in [6.07, 6.45) is 1.59. The van der Waals surface area contributed by atoms with Crippen LogP contribution in [0, 0.1) is 6.92 Å². The van der Waals surface area contributed by atoms with Crippen LogP contribution in [0.5, 0.6) is 0 Å². The van der Waals surface area contributed by atoms with E-state index in [2.05, 4.69) is 46.3 Å². The topological polar surface area (TPSA) is 58.9 Å². The number of nitrogens with zero attached hydrogens (tertiary/aromatic N) is 5. The zero-order chi connectivity index (χ0) is 13.1. The van der Waals surface area contributed by atoms with Gasteiger partial charge in [-0.3, -0.25) is 4.68 Å². The number of hydrogen-bond acceptors (Lipinski definition) is 5. The number of hydrogen-bond donors (Lipinski definition) is 1. The van der Waals surface area contributed by atoms with E-state index in [1.165, 1.54) is 0 Å². The number of likely N-dealkylation sites (N-methyl/N-ethyl adjacent to an activating group) is 1. The molecule has 0 aliphatic rings. The van der Waals surface area contributed by atoms with E-state index in [-0.39, 0.29) is 0 Å². The number of fused-ring (bicyclic) bond motifs is 1. The molecule has 0 saturated heterocycles. The lowest BCUT2D eigenvalue weighted by Crippen LogP contribution is -2.21. The first-order chi connectivity index (χ1) is 8.63. The van der Waals surface area contributed by atoms with Gasteiger partial charge in [-0.2, -0.15) is 5.10 Å². The zero-order valence-corrected chi connectivity index (χ0v) is 11.4. The van der Waals surface area contributed by atoms with Gasteiger partial charge >= 0.3 is 0 Å². The van der Waals surface area contributed by atoms with Gasteiger partial charge in [0, 0.05) is 19.6 Å². The van der Waals surface area contributed by atoms with E-state index < -0.39 is 0 Å². The van der Waals surface area contributed by atoms with E-state index in [0.29, 0.717) is 0 Å². The Balaban J connectivity index is 2.32. The van der Waals surface area contributed by atoms with Crippen molar-refractivity contribution < 1.29 is 0 Å². The lowest BCUT2D eigenvalue weighted by molar-refractivity contribution is 0.425. The minimum absolute atomic E-state index is 0.820. The molecule has 0 radical (unpaired) electrons. The highest BCUT2D eigenvalue weighted by atomic mass is 15.3. The van der Waals surface area contributed by atoms with E-state index in [0.717, 1.165) is 42.2 Å². The summed E-state index contributed by atoms with van der Waals surface area (Å²) in [5.74, 6) is 0.865. The third-order valence-electron chi connectivity index (χ3n) is 2.84. The summed E-state index contributed by atoms with van der Waals surface area (Å²) in [6, 6.07) is 0. The summed E-state index contributed by atoms with van der Waals surface area (Å²) in [4.78, 5) is 10.8. The average Bonchev–Trinajstić information content (AvgIpc) is 2.67. The molecule has 2 aromatic rings. The second-order valence-corrected chi connectivity index (χ2v) is 4.55. The molecule has 0 aliphatic heterocycles. The summed E-state index contributed by atoms with van der Waals surface area (Å²) in [7, 11) is 4.11. The highest BCUT2D eigenvalue weighted by molar-refractivity contribution is 5.87. The predicted octanol–water partition coefficient (Wildman–Crippen LogP) is 1.13. The second-order valence-electron chi connectivity index (χ2n) is 4.55. The third-order valence-corrected chi connectivity index (χ3v) is 2.84. The first-order valence-electron chi connectivity index (χ1n) is 6.20. The van der Waals surface area contributed by atoms with E-state index in [4.69, 9.17) is 0 Å². The van der Waals surface area contributed by atoms with Crippen molar-refractivity contribution in [2.45, 2.75) is 20.4 Å². The molecular formula is C12H20N6. The van der Waals surface area contributed by atoms with Crippen molar-refractivity contribution in [3.05, 3.63) is 12.0 Å². The first kappa shape index (κ1) is 12.8. The van der Waals surface area contributed by atoms with Crippen molar-refractivity contribution >= 4 is 16.9 Å². The zero-order valence-electron chi connectivity index (χ0n) is 11.4.